The highest BCUT2D eigenvalue weighted by atomic mass is 19.4. The summed E-state index contributed by atoms with van der Waals surface area (Å²) in [6.45, 7) is 6.21. The summed E-state index contributed by atoms with van der Waals surface area (Å²) in [6, 6.07) is 5.93. The van der Waals surface area contributed by atoms with Gasteiger partial charge in [0, 0.05) is 20.1 Å². The van der Waals surface area contributed by atoms with Gasteiger partial charge in [-0.2, -0.15) is 13.2 Å². The molecule has 0 saturated heterocycles. The minimum absolute atomic E-state index is 0.176. The van der Waals surface area contributed by atoms with Crippen LogP contribution in [0.25, 0.3) is 0 Å². The van der Waals surface area contributed by atoms with E-state index in [1.54, 1.807) is 25.4 Å². The van der Waals surface area contributed by atoms with E-state index in [-0.39, 0.29) is 12.1 Å². The molecule has 0 atom stereocenters. The van der Waals surface area contributed by atoms with Gasteiger partial charge in [-0.3, -0.25) is 0 Å². The molecule has 0 saturated carbocycles. The first kappa shape index (κ1) is 23.2. The first-order chi connectivity index (χ1) is 14.0. The van der Waals surface area contributed by atoms with Crippen molar-refractivity contribution in [3.8, 4) is 5.75 Å². The molecule has 0 unspecified atom stereocenters. The van der Waals surface area contributed by atoms with E-state index in [1.165, 1.54) is 0 Å². The molecule has 0 heterocycles. The van der Waals surface area contributed by atoms with Gasteiger partial charge < -0.3 is 15.0 Å². The van der Waals surface area contributed by atoms with Gasteiger partial charge >= 0.3 is 12.3 Å². The number of carbonyl (C=O) groups excluding carboxylic acids is 1. The van der Waals surface area contributed by atoms with E-state index in [4.69, 9.17) is 4.74 Å². The Kier molecular flexibility index (Phi) is 7.42. The van der Waals surface area contributed by atoms with Gasteiger partial charge in [-0.25, -0.2) is 14.2 Å². The number of carbonyl (C=O) groups is 1. The first-order valence-electron chi connectivity index (χ1n) is 9.18. The predicted molar refractivity (Wildman–Crippen MR) is 107 cm³/mol. The Hall–Kier alpha value is -3.10. The van der Waals surface area contributed by atoms with E-state index in [0.717, 1.165) is 29.9 Å². The molecule has 2 rings (SSSR count). The molecule has 0 spiro atoms. The Labute approximate surface area is 172 Å². The molecule has 0 aliphatic carbocycles. The Morgan fingerprint density at radius 1 is 1.20 bits per heavy atom. The number of alkyl halides is 3. The molecule has 1 N–H and O–H groups in total. The number of ether oxygens (including phenoxy) is 1. The number of hydrogen-bond acceptors (Lipinski definition) is 3. The van der Waals surface area contributed by atoms with Gasteiger partial charge in [-0.1, -0.05) is 6.07 Å². The van der Waals surface area contributed by atoms with Gasteiger partial charge in [0.05, 0.1) is 17.6 Å². The number of nitrogens with zero attached hydrogens (tertiary/aromatic N) is 2. The third kappa shape index (κ3) is 6.20. The molecule has 0 radical (unpaired) electrons. The highest BCUT2D eigenvalue weighted by Gasteiger charge is 2.33. The number of aliphatic imine (C=N–C) groups is 1. The Bertz CT molecular complexity index is 943. The van der Waals surface area contributed by atoms with Crippen LogP contribution in [-0.4, -0.2) is 30.9 Å². The average molecular weight is 425 g/mol. The third-order valence-corrected chi connectivity index (χ3v) is 4.36. The summed E-state index contributed by atoms with van der Waals surface area (Å²) >= 11 is 0. The van der Waals surface area contributed by atoms with Crippen molar-refractivity contribution in [2.75, 3.05) is 13.6 Å². The smallest absolute Gasteiger partial charge is 0.410 e. The topological polar surface area (TPSA) is 53.9 Å². The van der Waals surface area contributed by atoms with E-state index < -0.39 is 23.7 Å². The van der Waals surface area contributed by atoms with Gasteiger partial charge in [-0.05, 0) is 61.7 Å². The van der Waals surface area contributed by atoms with Crippen LogP contribution in [0.4, 0.5) is 28.0 Å². The summed E-state index contributed by atoms with van der Waals surface area (Å²) in [5, 5.41) is 2.40. The van der Waals surface area contributed by atoms with Crippen molar-refractivity contribution in [3.63, 3.8) is 0 Å². The molecule has 2 aromatic rings. The van der Waals surface area contributed by atoms with Crippen LogP contribution in [0, 0.1) is 19.7 Å². The molecule has 5 nitrogen and oxygen atoms in total. The van der Waals surface area contributed by atoms with Crippen LogP contribution in [-0.2, 0) is 12.7 Å². The van der Waals surface area contributed by atoms with E-state index in [0.29, 0.717) is 17.4 Å². The molecule has 0 aromatic heterocycles. The molecule has 162 valence electrons. The number of amides is 1. The van der Waals surface area contributed by atoms with Crippen molar-refractivity contribution in [1.29, 1.82) is 0 Å². The monoisotopic (exact) mass is 425 g/mol. The lowest BCUT2D eigenvalue weighted by atomic mass is 10.1. The van der Waals surface area contributed by atoms with E-state index >= 15 is 0 Å². The molecule has 0 aliphatic heterocycles. The van der Waals surface area contributed by atoms with Gasteiger partial charge in [-0.15, -0.1) is 0 Å². The number of benzene rings is 2. The minimum atomic E-state index is -4.77. The maximum Gasteiger partial charge on any atom is 0.419 e. The van der Waals surface area contributed by atoms with Crippen LogP contribution < -0.4 is 10.1 Å². The molecular formula is C21H23F4N3O2. The molecule has 0 aliphatic rings. The van der Waals surface area contributed by atoms with E-state index in [1.807, 2.05) is 25.8 Å². The molecule has 2 aromatic carbocycles. The van der Waals surface area contributed by atoms with Crippen LogP contribution >= 0.6 is 0 Å². The van der Waals surface area contributed by atoms with Gasteiger partial charge in [0.2, 0.25) is 0 Å². The second-order valence-corrected chi connectivity index (χ2v) is 6.78. The fourth-order valence-electron chi connectivity index (χ4n) is 2.47. The SMILES string of the molecule is CCN(C)C=Nc1cc(C)c(OC(=O)NCc2ccc(C(F)(F)F)c(F)c2)cc1C. The first-order valence-corrected chi connectivity index (χ1v) is 9.18. The van der Waals surface area contributed by atoms with Crippen LogP contribution in [0.3, 0.4) is 0 Å². The largest absolute Gasteiger partial charge is 0.419 e. The second-order valence-electron chi connectivity index (χ2n) is 6.78. The maximum atomic E-state index is 13.6. The number of hydrogen-bond donors (Lipinski definition) is 1. The molecule has 0 bridgehead atoms. The van der Waals surface area contributed by atoms with Crippen molar-refractivity contribution < 1.29 is 27.1 Å². The minimum Gasteiger partial charge on any atom is -0.410 e. The second kappa shape index (κ2) is 9.60. The number of rotatable bonds is 6. The zero-order valence-corrected chi connectivity index (χ0v) is 17.1. The molecule has 0 fully saturated rings. The lowest BCUT2D eigenvalue weighted by molar-refractivity contribution is -0.140. The Balaban J connectivity index is 2.02. The molecule has 1 amide bonds. The molecule has 30 heavy (non-hydrogen) atoms. The highest BCUT2D eigenvalue weighted by molar-refractivity contribution is 5.72. The zero-order valence-electron chi connectivity index (χ0n) is 17.1. The van der Waals surface area contributed by atoms with Gasteiger partial charge in [0.15, 0.2) is 0 Å². The van der Waals surface area contributed by atoms with E-state index in [9.17, 15) is 22.4 Å². The van der Waals surface area contributed by atoms with Crippen LogP contribution in [0.1, 0.15) is 29.2 Å². The summed E-state index contributed by atoms with van der Waals surface area (Å²) in [6.07, 6.45) is -3.87. The molecule has 9 heteroatoms. The number of aryl methyl sites for hydroxylation is 2. The third-order valence-electron chi connectivity index (χ3n) is 4.36. The predicted octanol–water partition coefficient (Wildman–Crippen LogP) is 5.36. The average Bonchev–Trinajstić information content (AvgIpc) is 2.66. The van der Waals surface area contributed by atoms with Crippen LogP contribution in [0.15, 0.2) is 35.3 Å². The lowest BCUT2D eigenvalue weighted by Gasteiger charge is -2.13. The normalized spacial score (nSPS) is 11.6. The highest BCUT2D eigenvalue weighted by Crippen LogP contribution is 2.31. The van der Waals surface area contributed by atoms with Crippen molar-refractivity contribution >= 4 is 18.1 Å². The zero-order chi connectivity index (χ0) is 22.5. The Morgan fingerprint density at radius 3 is 2.50 bits per heavy atom. The standard InChI is InChI=1S/C21H23F4N3O2/c1-5-28(4)12-27-18-8-14(3)19(9-13(18)2)30-20(29)26-11-15-6-7-16(17(22)10-15)21(23,24)25/h6-10,12H,5,11H2,1-4H3,(H,26,29). The fourth-order valence-corrected chi connectivity index (χ4v) is 2.47. The summed E-state index contributed by atoms with van der Waals surface area (Å²) < 4.78 is 56.7. The summed E-state index contributed by atoms with van der Waals surface area (Å²) in [7, 11) is 1.90. The number of halogens is 4. The Morgan fingerprint density at radius 2 is 1.90 bits per heavy atom. The quantitative estimate of drug-likeness (QED) is 0.385. The van der Waals surface area contributed by atoms with Gasteiger partial charge in [0.25, 0.3) is 0 Å². The van der Waals surface area contributed by atoms with Crippen molar-refractivity contribution in [2.45, 2.75) is 33.5 Å². The van der Waals surface area contributed by atoms with Crippen LogP contribution in [0.5, 0.6) is 5.75 Å². The lowest BCUT2D eigenvalue weighted by Crippen LogP contribution is -2.26. The van der Waals surface area contributed by atoms with Crippen molar-refractivity contribution in [1.82, 2.24) is 10.2 Å². The number of nitrogens with one attached hydrogen (secondary N) is 1. The summed E-state index contributed by atoms with van der Waals surface area (Å²) in [5.41, 5.74) is 1.04. The summed E-state index contributed by atoms with van der Waals surface area (Å²) in [4.78, 5) is 18.4. The fraction of sp³-hybridized carbons (Fsp3) is 0.333. The van der Waals surface area contributed by atoms with Crippen molar-refractivity contribution in [2.24, 2.45) is 4.99 Å². The van der Waals surface area contributed by atoms with Crippen molar-refractivity contribution in [3.05, 3.63) is 58.4 Å². The summed E-state index contributed by atoms with van der Waals surface area (Å²) in [5.74, 6) is -1.07. The maximum absolute atomic E-state index is 13.6. The van der Waals surface area contributed by atoms with Gasteiger partial charge in [0.1, 0.15) is 11.6 Å². The van der Waals surface area contributed by atoms with E-state index in [2.05, 4.69) is 10.3 Å². The molecular weight excluding hydrogens is 402 g/mol. The van der Waals surface area contributed by atoms with Crippen LogP contribution in [0.2, 0.25) is 0 Å².